The fourth-order valence-electron chi connectivity index (χ4n) is 0.368. The van der Waals surface area contributed by atoms with Gasteiger partial charge in [-0.3, -0.25) is 0 Å². The molecule has 8 heavy (non-hydrogen) atoms. The predicted molar refractivity (Wildman–Crippen MR) is 35.9 cm³/mol. The van der Waals surface area contributed by atoms with E-state index in [0.717, 1.165) is 12.8 Å². The van der Waals surface area contributed by atoms with Crippen molar-refractivity contribution >= 4 is 0 Å². The molecule has 0 saturated carbocycles. The van der Waals surface area contributed by atoms with Gasteiger partial charge >= 0.3 is 0 Å². The van der Waals surface area contributed by atoms with Crippen LogP contribution in [-0.4, -0.2) is 0 Å². The number of hydrogen-bond acceptors (Lipinski definition) is 2. The van der Waals surface area contributed by atoms with E-state index in [1.54, 1.807) is 6.08 Å². The number of hydrogen-bond donors (Lipinski definition) is 2. The van der Waals surface area contributed by atoms with Gasteiger partial charge in [0.15, 0.2) is 0 Å². The smallest absolute Gasteiger partial charge is 0.0892 e. The van der Waals surface area contributed by atoms with Gasteiger partial charge in [-0.25, -0.2) is 0 Å². The zero-order valence-electron chi connectivity index (χ0n) is 4.93. The molecular weight excluding hydrogens is 100 g/mol. The van der Waals surface area contributed by atoms with E-state index in [9.17, 15) is 0 Å². The Morgan fingerprint density at radius 3 is 2.38 bits per heavy atom. The van der Waals surface area contributed by atoms with Crippen LogP contribution in [0.5, 0.6) is 0 Å². The van der Waals surface area contributed by atoms with E-state index in [1.165, 1.54) is 0 Å². The Labute approximate surface area is 49.9 Å². The van der Waals surface area contributed by atoms with E-state index in [1.807, 2.05) is 6.08 Å². The second-order valence-corrected chi connectivity index (χ2v) is 1.57. The molecule has 0 aromatic carbocycles. The summed E-state index contributed by atoms with van der Waals surface area (Å²) in [6.45, 7) is 3.55. The van der Waals surface area contributed by atoms with Crippen molar-refractivity contribution in [3.05, 3.63) is 24.6 Å². The summed E-state index contributed by atoms with van der Waals surface area (Å²) >= 11 is 0. The van der Waals surface area contributed by atoms with Gasteiger partial charge in [0.2, 0.25) is 0 Å². The van der Waals surface area contributed by atoms with Crippen molar-refractivity contribution in [2.75, 3.05) is 0 Å². The van der Waals surface area contributed by atoms with Crippen LogP contribution >= 0.6 is 0 Å². The Morgan fingerprint density at radius 2 is 2.00 bits per heavy atom. The minimum atomic E-state index is 0.395. The first kappa shape index (κ1) is 7.08. The van der Waals surface area contributed by atoms with Crippen molar-refractivity contribution in [1.29, 1.82) is 0 Å². The van der Waals surface area contributed by atoms with Crippen molar-refractivity contribution in [3.8, 4) is 0 Å². The second-order valence-electron chi connectivity index (χ2n) is 1.57. The average Bonchev–Trinajstić information content (AvgIpc) is 1.66. The standard InChI is InChI=1S/C6H12N2/c1-2-3-4-5-6(7)8/h2,5H,1,3-4,7-8H2. The molecule has 46 valence electrons. The molecule has 0 aliphatic heterocycles. The van der Waals surface area contributed by atoms with E-state index < -0.39 is 0 Å². The molecule has 0 radical (unpaired) electrons. The first-order valence-corrected chi connectivity index (χ1v) is 2.59. The monoisotopic (exact) mass is 112 g/mol. The normalized spacial score (nSPS) is 8.00. The van der Waals surface area contributed by atoms with Crippen LogP contribution in [0.1, 0.15) is 12.8 Å². The quantitative estimate of drug-likeness (QED) is 0.417. The van der Waals surface area contributed by atoms with Crippen LogP contribution in [0.2, 0.25) is 0 Å². The van der Waals surface area contributed by atoms with Crippen LogP contribution in [0.25, 0.3) is 0 Å². The highest BCUT2D eigenvalue weighted by Gasteiger charge is 1.75. The Morgan fingerprint density at radius 1 is 1.38 bits per heavy atom. The molecule has 0 fully saturated rings. The summed E-state index contributed by atoms with van der Waals surface area (Å²) in [5.41, 5.74) is 10.3. The molecule has 0 bridgehead atoms. The molecule has 0 atom stereocenters. The van der Waals surface area contributed by atoms with Crippen molar-refractivity contribution < 1.29 is 0 Å². The maximum atomic E-state index is 5.14. The fraction of sp³-hybridized carbons (Fsp3) is 0.333. The molecule has 0 aliphatic carbocycles. The summed E-state index contributed by atoms with van der Waals surface area (Å²) in [7, 11) is 0. The number of rotatable bonds is 3. The van der Waals surface area contributed by atoms with E-state index in [4.69, 9.17) is 11.5 Å². The third kappa shape index (κ3) is 5.08. The van der Waals surface area contributed by atoms with E-state index in [-0.39, 0.29) is 0 Å². The highest BCUT2D eigenvalue weighted by molar-refractivity contribution is 4.90. The molecule has 0 aromatic rings. The summed E-state index contributed by atoms with van der Waals surface area (Å²) in [5, 5.41) is 0. The topological polar surface area (TPSA) is 52.0 Å². The first-order chi connectivity index (χ1) is 3.77. The predicted octanol–water partition coefficient (Wildman–Crippen LogP) is 0.711. The molecule has 2 heteroatoms. The summed E-state index contributed by atoms with van der Waals surface area (Å²) in [6.07, 6.45) is 5.45. The van der Waals surface area contributed by atoms with Gasteiger partial charge in [0.25, 0.3) is 0 Å². The van der Waals surface area contributed by atoms with Gasteiger partial charge in [0.1, 0.15) is 0 Å². The Bertz CT molecular complexity index is 90.7. The lowest BCUT2D eigenvalue weighted by atomic mass is 10.3. The summed E-state index contributed by atoms with van der Waals surface area (Å²) in [5.74, 6) is 0.395. The minimum Gasteiger partial charge on any atom is -0.386 e. The van der Waals surface area contributed by atoms with Gasteiger partial charge < -0.3 is 11.5 Å². The van der Waals surface area contributed by atoms with Crippen LogP contribution in [0.15, 0.2) is 24.6 Å². The Kier molecular flexibility index (Phi) is 3.76. The largest absolute Gasteiger partial charge is 0.386 e. The van der Waals surface area contributed by atoms with Crippen molar-refractivity contribution in [2.24, 2.45) is 11.5 Å². The molecule has 0 amide bonds. The molecule has 0 saturated heterocycles. The van der Waals surface area contributed by atoms with E-state index in [0.29, 0.717) is 5.82 Å². The Hall–Kier alpha value is -0.920. The molecule has 0 spiro atoms. The lowest BCUT2D eigenvalue weighted by Crippen LogP contribution is -2.07. The summed E-state index contributed by atoms with van der Waals surface area (Å²) in [6, 6.07) is 0. The summed E-state index contributed by atoms with van der Waals surface area (Å²) in [4.78, 5) is 0. The van der Waals surface area contributed by atoms with Crippen LogP contribution < -0.4 is 11.5 Å². The molecule has 0 unspecified atom stereocenters. The zero-order valence-corrected chi connectivity index (χ0v) is 4.93. The molecule has 0 aliphatic rings. The maximum Gasteiger partial charge on any atom is 0.0892 e. The van der Waals surface area contributed by atoms with Gasteiger partial charge in [-0.2, -0.15) is 0 Å². The van der Waals surface area contributed by atoms with Gasteiger partial charge in [-0.1, -0.05) is 6.08 Å². The van der Waals surface area contributed by atoms with E-state index >= 15 is 0 Å². The average molecular weight is 112 g/mol. The molecule has 0 aromatic heterocycles. The van der Waals surface area contributed by atoms with Gasteiger partial charge in [-0.15, -0.1) is 6.58 Å². The van der Waals surface area contributed by atoms with Crippen molar-refractivity contribution in [3.63, 3.8) is 0 Å². The van der Waals surface area contributed by atoms with Crippen LogP contribution in [0.4, 0.5) is 0 Å². The van der Waals surface area contributed by atoms with Crippen molar-refractivity contribution in [1.82, 2.24) is 0 Å². The van der Waals surface area contributed by atoms with Crippen LogP contribution in [-0.2, 0) is 0 Å². The molecule has 0 rings (SSSR count). The van der Waals surface area contributed by atoms with Crippen LogP contribution in [0.3, 0.4) is 0 Å². The zero-order chi connectivity index (χ0) is 6.41. The number of allylic oxidation sites excluding steroid dienone is 2. The van der Waals surface area contributed by atoms with Crippen molar-refractivity contribution in [2.45, 2.75) is 12.8 Å². The van der Waals surface area contributed by atoms with Gasteiger partial charge in [-0.05, 0) is 18.9 Å². The Balaban J connectivity index is 3.15. The molecule has 2 nitrogen and oxygen atoms in total. The fourth-order valence-corrected chi connectivity index (χ4v) is 0.368. The third-order valence-electron chi connectivity index (χ3n) is 0.751. The number of nitrogens with two attached hydrogens (primary N) is 2. The van der Waals surface area contributed by atoms with Gasteiger partial charge in [0, 0.05) is 0 Å². The SMILES string of the molecule is C=CCCC=C(N)N. The second kappa shape index (κ2) is 4.24. The minimum absolute atomic E-state index is 0.395. The van der Waals surface area contributed by atoms with Gasteiger partial charge in [0.05, 0.1) is 5.82 Å². The highest BCUT2D eigenvalue weighted by Crippen LogP contribution is 1.89. The lowest BCUT2D eigenvalue weighted by molar-refractivity contribution is 1.02. The number of unbranched alkanes of at least 4 members (excludes halogenated alkanes) is 1. The first-order valence-electron chi connectivity index (χ1n) is 2.59. The molecule has 4 N–H and O–H groups in total. The maximum absolute atomic E-state index is 5.14. The molecular formula is C6H12N2. The van der Waals surface area contributed by atoms with Crippen LogP contribution in [0, 0.1) is 0 Å². The third-order valence-corrected chi connectivity index (χ3v) is 0.751. The highest BCUT2D eigenvalue weighted by atomic mass is 14.8. The summed E-state index contributed by atoms with van der Waals surface area (Å²) < 4.78 is 0. The lowest BCUT2D eigenvalue weighted by Gasteiger charge is -1.87. The van der Waals surface area contributed by atoms with E-state index in [2.05, 4.69) is 6.58 Å². The molecule has 0 heterocycles.